The van der Waals surface area contributed by atoms with E-state index in [4.69, 9.17) is 0 Å². The lowest BCUT2D eigenvalue weighted by Crippen LogP contribution is -2.51. The van der Waals surface area contributed by atoms with Crippen LogP contribution < -0.4 is 0 Å². The van der Waals surface area contributed by atoms with Crippen molar-refractivity contribution in [1.82, 2.24) is 4.90 Å². The minimum atomic E-state index is -0.0792. The average molecular weight is 398 g/mol. The van der Waals surface area contributed by atoms with Gasteiger partial charge in [0.1, 0.15) is 0 Å². The molecule has 6 aliphatic rings. The van der Waals surface area contributed by atoms with Crippen LogP contribution in [0.3, 0.4) is 0 Å². The predicted octanol–water partition coefficient (Wildman–Crippen LogP) is 5.66. The summed E-state index contributed by atoms with van der Waals surface area (Å²) in [7, 11) is 0. The maximum atomic E-state index is 10.3. The quantitative estimate of drug-likeness (QED) is 0.534. The minimum absolute atomic E-state index is 0.0792. The van der Waals surface area contributed by atoms with E-state index in [1.54, 1.807) is 5.57 Å². The molecule has 2 heteroatoms. The second kappa shape index (κ2) is 6.35. The van der Waals surface area contributed by atoms with Crippen LogP contribution in [0.2, 0.25) is 0 Å². The smallest absolute Gasteiger partial charge is 0.0577 e. The second-order valence-corrected chi connectivity index (χ2v) is 12.8. The van der Waals surface area contributed by atoms with Crippen molar-refractivity contribution in [2.45, 2.75) is 104 Å². The van der Waals surface area contributed by atoms with E-state index in [2.05, 4.69) is 38.7 Å². The SMILES string of the molecule is C[C@H]1CC[C@@H]2[C@H](C)[C@H]3[C@H](C[C@H]4[C@@H]5CC=C6C[C@@H](O)CC[C@]6(C)[C@H]5CC[C@]34C)N2C1. The Morgan fingerprint density at radius 3 is 2.66 bits per heavy atom. The van der Waals surface area contributed by atoms with Crippen LogP contribution in [0, 0.1) is 46.3 Å². The first-order chi connectivity index (χ1) is 13.8. The minimum Gasteiger partial charge on any atom is -0.393 e. The molecule has 0 spiro atoms. The van der Waals surface area contributed by atoms with E-state index >= 15 is 0 Å². The maximum absolute atomic E-state index is 10.3. The van der Waals surface area contributed by atoms with Gasteiger partial charge in [0.2, 0.25) is 0 Å². The van der Waals surface area contributed by atoms with Crippen molar-refractivity contribution in [2.24, 2.45) is 46.3 Å². The molecule has 1 N–H and O–H groups in total. The molecule has 162 valence electrons. The Hall–Kier alpha value is -0.340. The molecule has 0 aromatic heterocycles. The molecule has 4 aliphatic carbocycles. The van der Waals surface area contributed by atoms with Crippen molar-refractivity contribution in [1.29, 1.82) is 0 Å². The van der Waals surface area contributed by atoms with Crippen molar-refractivity contribution in [2.75, 3.05) is 6.54 Å². The first-order valence-corrected chi connectivity index (χ1v) is 13.0. The van der Waals surface area contributed by atoms with Gasteiger partial charge in [-0.3, -0.25) is 4.90 Å². The third kappa shape index (κ3) is 2.48. The third-order valence-corrected chi connectivity index (χ3v) is 11.7. The molecule has 5 fully saturated rings. The summed E-state index contributed by atoms with van der Waals surface area (Å²) in [6.07, 6.45) is 14.3. The molecule has 0 aromatic rings. The van der Waals surface area contributed by atoms with Gasteiger partial charge in [-0.15, -0.1) is 0 Å². The molecule has 0 unspecified atom stereocenters. The molecule has 0 bridgehead atoms. The van der Waals surface area contributed by atoms with Crippen LogP contribution in [0.25, 0.3) is 0 Å². The van der Waals surface area contributed by atoms with Gasteiger partial charge in [-0.05, 0) is 104 Å². The monoisotopic (exact) mass is 397 g/mol. The van der Waals surface area contributed by atoms with E-state index in [0.717, 1.165) is 60.4 Å². The normalized spacial score (nSPS) is 59.2. The van der Waals surface area contributed by atoms with Crippen LogP contribution >= 0.6 is 0 Å². The zero-order chi connectivity index (χ0) is 20.1. The molecule has 2 saturated heterocycles. The number of nitrogens with zero attached hydrogens (tertiary/aromatic N) is 1. The summed E-state index contributed by atoms with van der Waals surface area (Å²) in [4.78, 5) is 3.02. The molecule has 29 heavy (non-hydrogen) atoms. The fraction of sp³-hybridized carbons (Fsp3) is 0.926. The third-order valence-electron chi connectivity index (χ3n) is 11.7. The van der Waals surface area contributed by atoms with Crippen LogP contribution in [0.15, 0.2) is 11.6 Å². The zero-order valence-corrected chi connectivity index (χ0v) is 19.2. The fourth-order valence-electron chi connectivity index (χ4n) is 10.4. The van der Waals surface area contributed by atoms with Crippen LogP contribution in [0.5, 0.6) is 0 Å². The van der Waals surface area contributed by atoms with Crippen LogP contribution in [-0.4, -0.2) is 34.7 Å². The van der Waals surface area contributed by atoms with E-state index in [9.17, 15) is 5.11 Å². The summed E-state index contributed by atoms with van der Waals surface area (Å²) in [6, 6.07) is 1.75. The van der Waals surface area contributed by atoms with Crippen LogP contribution in [-0.2, 0) is 0 Å². The highest BCUT2D eigenvalue weighted by Gasteiger charge is 2.66. The van der Waals surface area contributed by atoms with Crippen LogP contribution in [0.1, 0.15) is 85.5 Å². The zero-order valence-electron chi connectivity index (χ0n) is 19.2. The highest BCUT2D eigenvalue weighted by Crippen LogP contribution is 2.69. The summed E-state index contributed by atoms with van der Waals surface area (Å²) in [6.45, 7) is 11.8. The highest BCUT2D eigenvalue weighted by atomic mass is 16.3. The largest absolute Gasteiger partial charge is 0.393 e. The molecular formula is C27H43NO. The molecule has 6 rings (SSSR count). The number of piperidine rings is 1. The van der Waals surface area contributed by atoms with Gasteiger partial charge in [-0.25, -0.2) is 0 Å². The molecule has 0 aromatic carbocycles. The molecule has 0 amide bonds. The van der Waals surface area contributed by atoms with E-state index < -0.39 is 0 Å². The predicted molar refractivity (Wildman–Crippen MR) is 118 cm³/mol. The van der Waals surface area contributed by atoms with Crippen LogP contribution in [0.4, 0.5) is 0 Å². The maximum Gasteiger partial charge on any atom is 0.0577 e. The van der Waals surface area contributed by atoms with Gasteiger partial charge in [0.15, 0.2) is 0 Å². The molecular weight excluding hydrogens is 354 g/mol. The Morgan fingerprint density at radius 2 is 1.83 bits per heavy atom. The van der Waals surface area contributed by atoms with Gasteiger partial charge in [0.05, 0.1) is 6.10 Å². The summed E-state index contributed by atoms with van der Waals surface area (Å²) in [5.74, 6) is 5.44. The number of rotatable bonds is 0. The number of fused-ring (bicyclic) bond motifs is 9. The Balaban J connectivity index is 1.33. The molecule has 2 nitrogen and oxygen atoms in total. The van der Waals surface area contributed by atoms with Gasteiger partial charge in [0.25, 0.3) is 0 Å². The summed E-state index contributed by atoms with van der Waals surface area (Å²) < 4.78 is 0. The van der Waals surface area contributed by atoms with Gasteiger partial charge < -0.3 is 5.11 Å². The Morgan fingerprint density at radius 1 is 1.00 bits per heavy atom. The number of hydrogen-bond acceptors (Lipinski definition) is 2. The van der Waals surface area contributed by atoms with Crippen molar-refractivity contribution in [3.05, 3.63) is 11.6 Å². The topological polar surface area (TPSA) is 23.5 Å². The van der Waals surface area contributed by atoms with E-state index in [0.29, 0.717) is 10.8 Å². The highest BCUT2D eigenvalue weighted by molar-refractivity contribution is 5.26. The summed E-state index contributed by atoms with van der Waals surface area (Å²) in [5, 5.41) is 10.3. The van der Waals surface area contributed by atoms with Gasteiger partial charge >= 0.3 is 0 Å². The van der Waals surface area contributed by atoms with Gasteiger partial charge in [0, 0.05) is 18.6 Å². The Labute approximate surface area is 178 Å². The first-order valence-electron chi connectivity index (χ1n) is 13.0. The molecule has 2 heterocycles. The number of hydrogen-bond donors (Lipinski definition) is 1. The lowest BCUT2D eigenvalue weighted by molar-refractivity contribution is -0.0574. The van der Waals surface area contributed by atoms with Crippen molar-refractivity contribution >= 4 is 0 Å². The van der Waals surface area contributed by atoms with E-state index in [-0.39, 0.29) is 6.10 Å². The number of allylic oxidation sites excluding steroid dienone is 1. The van der Waals surface area contributed by atoms with Gasteiger partial charge in [-0.2, -0.15) is 0 Å². The molecule has 0 radical (unpaired) electrons. The van der Waals surface area contributed by atoms with Gasteiger partial charge in [-0.1, -0.05) is 39.3 Å². The van der Waals surface area contributed by atoms with Crippen molar-refractivity contribution in [3.63, 3.8) is 0 Å². The Bertz CT molecular complexity index is 715. The average Bonchev–Trinajstić information content (AvgIpc) is 3.15. The van der Waals surface area contributed by atoms with Crippen molar-refractivity contribution < 1.29 is 5.11 Å². The number of aliphatic hydroxyl groups excluding tert-OH is 1. The molecule has 3 saturated carbocycles. The van der Waals surface area contributed by atoms with Crippen molar-refractivity contribution in [3.8, 4) is 0 Å². The Kier molecular flexibility index (Phi) is 4.23. The molecule has 11 atom stereocenters. The number of aliphatic hydroxyl groups is 1. The lowest BCUT2D eigenvalue weighted by Gasteiger charge is -2.58. The second-order valence-electron chi connectivity index (χ2n) is 12.8. The fourth-order valence-corrected chi connectivity index (χ4v) is 10.4. The lowest BCUT2D eigenvalue weighted by atomic mass is 9.47. The summed E-state index contributed by atoms with van der Waals surface area (Å²) in [5.41, 5.74) is 2.58. The van der Waals surface area contributed by atoms with E-state index in [1.807, 2.05) is 0 Å². The molecule has 2 aliphatic heterocycles. The summed E-state index contributed by atoms with van der Waals surface area (Å²) >= 11 is 0. The standard InChI is InChI=1S/C27H43NO/c1-16-5-8-23-17(2)25-24(28(23)15-16)14-22-20-7-6-18-13-19(29)9-11-26(18,3)21(20)10-12-27(22,25)4/h6,16-17,19-25,29H,5,7-15H2,1-4H3/t16-,17-,19-,20+,21-,22-,23+,24-,25-,26-,27-/m0/s1. The first kappa shape index (κ1) is 19.4. The van der Waals surface area contributed by atoms with E-state index in [1.165, 1.54) is 51.5 Å².